The van der Waals surface area contributed by atoms with Crippen LogP contribution in [0.1, 0.15) is 16.7 Å². The Bertz CT molecular complexity index is 1090. The lowest BCUT2D eigenvalue weighted by molar-refractivity contribution is -0.128. The Hall–Kier alpha value is -4.33. The van der Waals surface area contributed by atoms with Crippen molar-refractivity contribution in [3.63, 3.8) is 0 Å². The number of benzene rings is 3. The van der Waals surface area contributed by atoms with E-state index in [-0.39, 0.29) is 25.2 Å². The number of phenols is 1. The van der Waals surface area contributed by atoms with Gasteiger partial charge in [-0.25, -0.2) is 4.79 Å². The number of rotatable bonds is 10. The minimum atomic E-state index is -1.00. The lowest BCUT2D eigenvalue weighted by Gasteiger charge is -2.22. The maximum Gasteiger partial charge on any atom is 0.408 e. The third kappa shape index (κ3) is 7.67. The second-order valence-electron chi connectivity index (χ2n) is 7.78. The van der Waals surface area contributed by atoms with Gasteiger partial charge in [0.25, 0.3) is 0 Å². The van der Waals surface area contributed by atoms with Gasteiger partial charge >= 0.3 is 6.09 Å². The fourth-order valence-corrected chi connectivity index (χ4v) is 3.33. The van der Waals surface area contributed by atoms with E-state index in [0.717, 1.165) is 11.1 Å². The first-order valence-electron chi connectivity index (χ1n) is 10.8. The highest BCUT2D eigenvalue weighted by atomic mass is 16.5. The Kier molecular flexibility index (Phi) is 8.62. The molecule has 8 nitrogen and oxygen atoms in total. The number of hydrogen-bond acceptors (Lipinski definition) is 5. The lowest BCUT2D eigenvalue weighted by Crippen LogP contribution is -2.54. The van der Waals surface area contributed by atoms with Crippen LogP contribution in [0.2, 0.25) is 0 Å². The number of primary amides is 1. The van der Waals surface area contributed by atoms with Crippen molar-refractivity contribution in [3.05, 3.63) is 102 Å². The van der Waals surface area contributed by atoms with E-state index in [0.29, 0.717) is 5.56 Å². The summed E-state index contributed by atoms with van der Waals surface area (Å²) < 4.78 is 5.26. The van der Waals surface area contributed by atoms with Crippen LogP contribution >= 0.6 is 0 Å². The summed E-state index contributed by atoms with van der Waals surface area (Å²) in [5, 5.41) is 14.7. The third-order valence-corrected chi connectivity index (χ3v) is 5.14. The predicted octanol–water partition coefficient (Wildman–Crippen LogP) is 2.44. The molecule has 0 aliphatic rings. The first-order valence-corrected chi connectivity index (χ1v) is 10.8. The SMILES string of the molecule is NC(=O)[C@H](Cc1ccc(O)cc1)NC(=O)[C@H](Cc1ccccc1)NC(=O)OCc1ccccc1. The second-order valence-corrected chi connectivity index (χ2v) is 7.78. The van der Waals surface area contributed by atoms with Gasteiger partial charge < -0.3 is 26.2 Å². The Morgan fingerprint density at radius 1 is 0.735 bits per heavy atom. The molecule has 0 bridgehead atoms. The number of carbonyl (C=O) groups excluding carboxylic acids is 3. The molecule has 0 saturated carbocycles. The Morgan fingerprint density at radius 3 is 1.85 bits per heavy atom. The Balaban J connectivity index is 1.68. The minimum absolute atomic E-state index is 0.0527. The molecule has 34 heavy (non-hydrogen) atoms. The number of aromatic hydroxyl groups is 1. The zero-order valence-corrected chi connectivity index (χ0v) is 18.5. The van der Waals surface area contributed by atoms with E-state index in [1.165, 1.54) is 12.1 Å². The van der Waals surface area contributed by atoms with Gasteiger partial charge in [0.15, 0.2) is 0 Å². The summed E-state index contributed by atoms with van der Waals surface area (Å²) in [4.78, 5) is 37.5. The third-order valence-electron chi connectivity index (χ3n) is 5.14. The molecule has 0 heterocycles. The number of alkyl carbamates (subject to hydrolysis) is 1. The summed E-state index contributed by atoms with van der Waals surface area (Å²) in [6.45, 7) is 0.0527. The first-order chi connectivity index (χ1) is 16.4. The molecule has 0 fully saturated rings. The Morgan fingerprint density at radius 2 is 1.26 bits per heavy atom. The molecule has 0 aliphatic carbocycles. The van der Waals surface area contributed by atoms with Gasteiger partial charge in [0.05, 0.1) is 0 Å². The molecule has 3 aromatic carbocycles. The molecule has 0 spiro atoms. The molecule has 0 radical (unpaired) electrons. The van der Waals surface area contributed by atoms with Crippen molar-refractivity contribution in [3.8, 4) is 5.75 Å². The first kappa shape index (κ1) is 24.3. The molecule has 5 N–H and O–H groups in total. The van der Waals surface area contributed by atoms with Gasteiger partial charge in [0.1, 0.15) is 24.4 Å². The number of nitrogens with one attached hydrogen (secondary N) is 2. The molecule has 3 aromatic rings. The minimum Gasteiger partial charge on any atom is -0.508 e. The molecule has 0 unspecified atom stereocenters. The largest absolute Gasteiger partial charge is 0.508 e. The zero-order chi connectivity index (χ0) is 24.3. The van der Waals surface area contributed by atoms with Crippen molar-refractivity contribution in [2.24, 2.45) is 5.73 Å². The molecule has 3 rings (SSSR count). The van der Waals surface area contributed by atoms with Crippen LogP contribution in [0.4, 0.5) is 4.79 Å². The van der Waals surface area contributed by atoms with E-state index in [2.05, 4.69) is 10.6 Å². The quantitative estimate of drug-likeness (QED) is 0.368. The van der Waals surface area contributed by atoms with Crippen molar-refractivity contribution in [2.45, 2.75) is 31.5 Å². The standard InChI is InChI=1S/C26H27N3O5/c27-24(31)22(15-19-11-13-21(30)14-12-19)28-25(32)23(16-18-7-3-1-4-8-18)29-26(33)34-17-20-9-5-2-6-10-20/h1-14,22-23,30H,15-17H2,(H2,27,31)(H,28,32)(H,29,33)/t22-,23-/m0/s1. The van der Waals surface area contributed by atoms with Crippen LogP contribution in [0.25, 0.3) is 0 Å². The van der Waals surface area contributed by atoms with Crippen molar-refractivity contribution >= 4 is 17.9 Å². The second kappa shape index (κ2) is 12.1. The monoisotopic (exact) mass is 461 g/mol. The van der Waals surface area contributed by atoms with E-state index in [1.54, 1.807) is 12.1 Å². The average Bonchev–Trinajstić information content (AvgIpc) is 2.84. The highest BCUT2D eigenvalue weighted by Gasteiger charge is 2.26. The fourth-order valence-electron chi connectivity index (χ4n) is 3.33. The summed E-state index contributed by atoms with van der Waals surface area (Å²) in [7, 11) is 0. The number of ether oxygens (including phenoxy) is 1. The lowest BCUT2D eigenvalue weighted by atomic mass is 10.0. The van der Waals surface area contributed by atoms with Crippen LogP contribution < -0.4 is 16.4 Å². The number of hydrogen-bond donors (Lipinski definition) is 4. The van der Waals surface area contributed by atoms with Crippen molar-refractivity contribution < 1.29 is 24.2 Å². The molecule has 176 valence electrons. The molecule has 0 aromatic heterocycles. The van der Waals surface area contributed by atoms with Gasteiger partial charge in [-0.3, -0.25) is 9.59 Å². The van der Waals surface area contributed by atoms with Crippen molar-refractivity contribution in [1.82, 2.24) is 10.6 Å². The summed E-state index contributed by atoms with van der Waals surface area (Å²) in [5.74, 6) is -1.20. The predicted molar refractivity (Wildman–Crippen MR) is 127 cm³/mol. The van der Waals surface area contributed by atoms with Gasteiger partial charge in [-0.05, 0) is 28.8 Å². The zero-order valence-electron chi connectivity index (χ0n) is 18.5. The summed E-state index contributed by atoms with van der Waals surface area (Å²) >= 11 is 0. The highest BCUT2D eigenvalue weighted by molar-refractivity contribution is 5.91. The van der Waals surface area contributed by atoms with E-state index in [4.69, 9.17) is 10.5 Å². The average molecular weight is 462 g/mol. The maximum absolute atomic E-state index is 13.1. The molecule has 8 heteroatoms. The van der Waals surface area contributed by atoms with E-state index in [1.807, 2.05) is 60.7 Å². The van der Waals surface area contributed by atoms with Gasteiger partial charge in [0, 0.05) is 12.8 Å². The number of amides is 3. The molecular weight excluding hydrogens is 434 g/mol. The summed E-state index contributed by atoms with van der Waals surface area (Å²) in [6.07, 6.45) is -0.426. The van der Waals surface area contributed by atoms with E-state index in [9.17, 15) is 19.5 Å². The van der Waals surface area contributed by atoms with Gasteiger partial charge in [-0.15, -0.1) is 0 Å². The topological polar surface area (TPSA) is 131 Å². The molecular formula is C26H27N3O5. The van der Waals surface area contributed by atoms with Crippen LogP contribution in [0.3, 0.4) is 0 Å². The smallest absolute Gasteiger partial charge is 0.408 e. The normalized spacial score (nSPS) is 12.2. The fraction of sp³-hybridized carbons (Fsp3) is 0.192. The van der Waals surface area contributed by atoms with Crippen LogP contribution in [-0.4, -0.2) is 35.1 Å². The maximum atomic E-state index is 13.1. The summed E-state index contributed by atoms with van der Waals surface area (Å²) in [5.41, 5.74) is 7.85. The van der Waals surface area contributed by atoms with Crippen molar-refractivity contribution in [2.75, 3.05) is 0 Å². The molecule has 2 atom stereocenters. The number of phenolic OH excluding ortho intramolecular Hbond substituents is 1. The van der Waals surface area contributed by atoms with Gasteiger partial charge in [0.2, 0.25) is 11.8 Å². The van der Waals surface area contributed by atoms with Crippen LogP contribution in [-0.2, 0) is 33.8 Å². The number of carbonyl (C=O) groups is 3. The van der Waals surface area contributed by atoms with Gasteiger partial charge in [-0.1, -0.05) is 72.8 Å². The van der Waals surface area contributed by atoms with Crippen molar-refractivity contribution in [1.29, 1.82) is 0 Å². The Labute approximate surface area is 197 Å². The summed E-state index contributed by atoms with van der Waals surface area (Å²) in [6, 6.07) is 22.6. The molecule has 0 aliphatic heterocycles. The van der Waals surface area contributed by atoms with E-state index < -0.39 is 30.0 Å². The van der Waals surface area contributed by atoms with E-state index >= 15 is 0 Å². The van der Waals surface area contributed by atoms with Crippen LogP contribution in [0.15, 0.2) is 84.9 Å². The van der Waals surface area contributed by atoms with Crippen LogP contribution in [0.5, 0.6) is 5.75 Å². The number of nitrogens with two attached hydrogens (primary N) is 1. The van der Waals surface area contributed by atoms with Gasteiger partial charge in [-0.2, -0.15) is 0 Å². The molecule has 3 amide bonds. The van der Waals surface area contributed by atoms with Crippen LogP contribution in [0, 0.1) is 0 Å². The molecule has 0 saturated heterocycles. The highest BCUT2D eigenvalue weighted by Crippen LogP contribution is 2.12.